The molecular formula is C65H125NO13. The van der Waals surface area contributed by atoms with E-state index in [2.05, 4.69) is 19.2 Å². The summed E-state index contributed by atoms with van der Waals surface area (Å²) in [6, 6.07) is -0.910. The number of rotatable bonds is 55. The van der Waals surface area contributed by atoms with E-state index in [1.807, 2.05) is 6.08 Å². The van der Waals surface area contributed by atoms with E-state index < -0.39 is 86.8 Å². The highest BCUT2D eigenvalue weighted by Crippen LogP contribution is 2.30. The molecule has 79 heavy (non-hydrogen) atoms. The second-order valence-corrected chi connectivity index (χ2v) is 24.0. The van der Waals surface area contributed by atoms with Crippen molar-refractivity contribution >= 4 is 5.91 Å². The zero-order chi connectivity index (χ0) is 57.4. The molecule has 0 aromatic rings. The summed E-state index contributed by atoms with van der Waals surface area (Å²) in [5.74, 6) is -0.232. The molecule has 2 saturated heterocycles. The van der Waals surface area contributed by atoms with Crippen molar-refractivity contribution < 1.29 is 64.6 Å². The number of nitrogens with one attached hydrogen (secondary N) is 1. The van der Waals surface area contributed by atoms with Gasteiger partial charge in [-0.25, -0.2) is 0 Å². The minimum absolute atomic E-state index is 0.232. The van der Waals surface area contributed by atoms with Gasteiger partial charge in [0.1, 0.15) is 48.8 Å². The number of carbonyl (C=O) groups is 1. The average molecular weight is 1130 g/mol. The van der Waals surface area contributed by atoms with Crippen LogP contribution in [0.3, 0.4) is 0 Å². The molecule has 14 nitrogen and oxygen atoms in total. The highest BCUT2D eigenvalue weighted by atomic mass is 16.7. The molecule has 1 amide bonds. The molecule has 0 spiro atoms. The number of unbranched alkanes of at least 4 members (excludes halogenated alkanes) is 42. The Labute approximate surface area is 482 Å². The van der Waals surface area contributed by atoms with Crippen molar-refractivity contribution in [1.82, 2.24) is 5.32 Å². The fourth-order valence-corrected chi connectivity index (χ4v) is 11.4. The molecule has 0 saturated carbocycles. The van der Waals surface area contributed by atoms with Crippen LogP contribution in [0.15, 0.2) is 12.2 Å². The van der Waals surface area contributed by atoms with E-state index in [9.17, 15) is 45.6 Å². The Morgan fingerprint density at radius 2 is 0.785 bits per heavy atom. The van der Waals surface area contributed by atoms with E-state index in [0.717, 1.165) is 38.5 Å². The molecule has 0 aromatic heterocycles. The van der Waals surface area contributed by atoms with Crippen LogP contribution >= 0.6 is 0 Å². The summed E-state index contributed by atoms with van der Waals surface area (Å²) in [4.78, 5) is 13.3. The molecule has 12 atom stereocenters. The SMILES string of the molecule is CCCCCCCCCCCCCCC/C=C/[C@@H](O)[C@H](CO[C@@H]1O[C@H](CO)[C@@H](O[C@@H]2O[C@H](CO)[C@H](O)C(O)C2O)C(O)C1O)NC(=O)CCCCCCCCCCCCCCCCCCCCCCCCCCCCCCCC. The smallest absolute Gasteiger partial charge is 0.220 e. The summed E-state index contributed by atoms with van der Waals surface area (Å²) in [5, 5.41) is 87.2. The number of carbonyl (C=O) groups excluding carboxylic acids is 1. The predicted molar refractivity (Wildman–Crippen MR) is 319 cm³/mol. The van der Waals surface area contributed by atoms with Crippen molar-refractivity contribution in [3.63, 3.8) is 0 Å². The van der Waals surface area contributed by atoms with E-state index >= 15 is 0 Å². The first-order chi connectivity index (χ1) is 38.6. The van der Waals surface area contributed by atoms with Crippen molar-refractivity contribution in [3.8, 4) is 0 Å². The molecule has 2 fully saturated rings. The molecule has 9 N–H and O–H groups in total. The summed E-state index contributed by atoms with van der Waals surface area (Å²) in [6.07, 6.45) is 44.2. The van der Waals surface area contributed by atoms with Crippen LogP contribution < -0.4 is 5.32 Å². The van der Waals surface area contributed by atoms with Crippen LogP contribution in [0.25, 0.3) is 0 Å². The summed E-state index contributed by atoms with van der Waals surface area (Å²) in [7, 11) is 0. The van der Waals surface area contributed by atoms with Crippen molar-refractivity contribution in [1.29, 1.82) is 0 Å². The fraction of sp³-hybridized carbons (Fsp3) is 0.954. The maximum Gasteiger partial charge on any atom is 0.220 e. The summed E-state index contributed by atoms with van der Waals surface area (Å²) in [6.45, 7) is 2.84. The summed E-state index contributed by atoms with van der Waals surface area (Å²) in [5.41, 5.74) is 0. The first-order valence-corrected chi connectivity index (χ1v) is 33.4. The van der Waals surface area contributed by atoms with E-state index in [-0.39, 0.29) is 18.9 Å². The predicted octanol–water partition coefficient (Wildman–Crippen LogP) is 12.6. The lowest BCUT2D eigenvalue weighted by atomic mass is 9.97. The minimum atomic E-state index is -1.79. The Hall–Kier alpha value is -1.27. The minimum Gasteiger partial charge on any atom is -0.394 e. The number of ether oxygens (including phenoxy) is 4. The molecule has 2 heterocycles. The standard InChI is InChI=1S/C65H125NO13/c1-3-5-7-9-11-13-15-17-19-20-21-22-23-24-25-26-27-28-29-30-31-32-33-35-37-39-41-43-45-47-49-57(70)66-53(54(69)48-46-44-42-40-38-36-34-18-16-14-12-10-8-6-4-2)52-76-64-62(75)60(73)63(56(51-68)78-64)79-65-61(74)59(72)58(71)55(50-67)77-65/h46,48,53-56,58-65,67-69,71-75H,3-45,47,49-52H2,1-2H3,(H,66,70)/b48-46+/t53-,54+,55+,56+,58-,59?,60?,61?,62?,63+,64+,65-/m0/s1. The van der Waals surface area contributed by atoms with Gasteiger partial charge in [-0.2, -0.15) is 0 Å². The van der Waals surface area contributed by atoms with Gasteiger partial charge in [-0.1, -0.05) is 289 Å². The van der Waals surface area contributed by atoms with Crippen molar-refractivity contribution in [3.05, 3.63) is 12.2 Å². The van der Waals surface area contributed by atoms with Gasteiger partial charge < -0.3 is 65.1 Å². The second kappa shape index (κ2) is 51.2. The third-order valence-electron chi connectivity index (χ3n) is 16.7. The fourth-order valence-electron chi connectivity index (χ4n) is 11.4. The van der Waals surface area contributed by atoms with Gasteiger partial charge in [0.2, 0.25) is 5.91 Å². The molecule has 468 valence electrons. The monoisotopic (exact) mass is 1130 g/mol. The number of amides is 1. The van der Waals surface area contributed by atoms with E-state index in [4.69, 9.17) is 18.9 Å². The molecule has 2 rings (SSSR count). The molecule has 0 aliphatic carbocycles. The van der Waals surface area contributed by atoms with Crippen LogP contribution in [-0.4, -0.2) is 140 Å². The van der Waals surface area contributed by atoms with Crippen LogP contribution in [0.2, 0.25) is 0 Å². The van der Waals surface area contributed by atoms with Crippen molar-refractivity contribution in [2.75, 3.05) is 19.8 Å². The van der Waals surface area contributed by atoms with Gasteiger partial charge in [0.25, 0.3) is 0 Å². The Morgan fingerprint density at radius 1 is 0.443 bits per heavy atom. The van der Waals surface area contributed by atoms with Gasteiger partial charge >= 0.3 is 0 Å². The van der Waals surface area contributed by atoms with Gasteiger partial charge in [0, 0.05) is 6.42 Å². The Balaban J connectivity index is 1.64. The Kier molecular flexibility index (Phi) is 47.8. The highest BCUT2D eigenvalue weighted by molar-refractivity contribution is 5.76. The van der Waals surface area contributed by atoms with Gasteiger partial charge in [0.05, 0.1) is 32.0 Å². The maximum absolute atomic E-state index is 13.3. The van der Waals surface area contributed by atoms with Gasteiger partial charge in [-0.15, -0.1) is 0 Å². The molecule has 0 bridgehead atoms. The average Bonchev–Trinajstić information content (AvgIpc) is 3.48. The molecule has 0 radical (unpaired) electrons. The van der Waals surface area contributed by atoms with Crippen LogP contribution in [0.4, 0.5) is 0 Å². The van der Waals surface area contributed by atoms with E-state index in [1.165, 1.54) is 238 Å². The Morgan fingerprint density at radius 3 is 1.16 bits per heavy atom. The van der Waals surface area contributed by atoms with Crippen LogP contribution in [0.5, 0.6) is 0 Å². The van der Waals surface area contributed by atoms with Crippen molar-refractivity contribution in [2.24, 2.45) is 0 Å². The Bertz CT molecular complexity index is 1380. The molecule has 4 unspecified atom stereocenters. The summed E-state index contributed by atoms with van der Waals surface area (Å²) < 4.78 is 22.8. The highest BCUT2D eigenvalue weighted by Gasteiger charge is 2.51. The maximum atomic E-state index is 13.3. The number of aliphatic hydroxyl groups is 8. The first kappa shape index (κ1) is 73.8. The molecule has 2 aliphatic rings. The lowest BCUT2D eigenvalue weighted by Gasteiger charge is -2.46. The van der Waals surface area contributed by atoms with Crippen LogP contribution in [0, 0.1) is 0 Å². The van der Waals surface area contributed by atoms with Gasteiger partial charge in [0.15, 0.2) is 12.6 Å². The van der Waals surface area contributed by atoms with Gasteiger partial charge in [-0.3, -0.25) is 4.79 Å². The van der Waals surface area contributed by atoms with E-state index in [0.29, 0.717) is 6.42 Å². The molecule has 0 aromatic carbocycles. The normalized spacial score (nSPS) is 24.4. The molecule has 2 aliphatic heterocycles. The topological polar surface area (TPSA) is 228 Å². The van der Waals surface area contributed by atoms with Crippen LogP contribution in [-0.2, 0) is 23.7 Å². The summed E-state index contributed by atoms with van der Waals surface area (Å²) >= 11 is 0. The third-order valence-corrected chi connectivity index (χ3v) is 16.7. The largest absolute Gasteiger partial charge is 0.394 e. The molecular weight excluding hydrogens is 1000 g/mol. The lowest BCUT2D eigenvalue weighted by molar-refractivity contribution is -0.359. The van der Waals surface area contributed by atoms with Gasteiger partial charge in [-0.05, 0) is 19.3 Å². The van der Waals surface area contributed by atoms with E-state index in [1.54, 1.807) is 6.08 Å². The number of hydrogen-bond donors (Lipinski definition) is 9. The second-order valence-electron chi connectivity index (χ2n) is 24.0. The third kappa shape index (κ3) is 36.2. The zero-order valence-electron chi connectivity index (χ0n) is 50.6. The van der Waals surface area contributed by atoms with Crippen molar-refractivity contribution in [2.45, 2.75) is 376 Å². The van der Waals surface area contributed by atoms with Crippen LogP contribution in [0.1, 0.15) is 303 Å². The zero-order valence-corrected chi connectivity index (χ0v) is 50.6. The number of allylic oxidation sites excluding steroid dienone is 1. The lowest BCUT2D eigenvalue weighted by Crippen LogP contribution is -2.65. The first-order valence-electron chi connectivity index (χ1n) is 33.4. The molecule has 14 heteroatoms. The number of aliphatic hydroxyl groups excluding tert-OH is 8. The number of hydrogen-bond acceptors (Lipinski definition) is 13. The quantitative estimate of drug-likeness (QED) is 0.0204.